The highest BCUT2D eigenvalue weighted by molar-refractivity contribution is 8.26. The molecule has 0 aromatic heterocycles. The van der Waals surface area contributed by atoms with Gasteiger partial charge in [-0.05, 0) is 30.2 Å². The monoisotopic (exact) mass is 351 g/mol. The van der Waals surface area contributed by atoms with Gasteiger partial charge in [0.05, 0.1) is 18.6 Å². The SMILES string of the molecule is CCCOC(=O)CN1C(=O)/C(=C/c2ccc(OC)cc2)SC1=S. The molecule has 0 spiro atoms. The molecule has 1 aliphatic heterocycles. The molecule has 1 aromatic carbocycles. The van der Waals surface area contributed by atoms with Gasteiger partial charge in [-0.25, -0.2) is 0 Å². The molecule has 1 fully saturated rings. The largest absolute Gasteiger partial charge is 0.497 e. The van der Waals surface area contributed by atoms with Crippen molar-refractivity contribution >= 4 is 46.3 Å². The lowest BCUT2D eigenvalue weighted by atomic mass is 10.2. The summed E-state index contributed by atoms with van der Waals surface area (Å²) in [7, 11) is 1.59. The fourth-order valence-corrected chi connectivity index (χ4v) is 3.13. The fraction of sp³-hybridized carbons (Fsp3) is 0.312. The van der Waals surface area contributed by atoms with Crippen molar-refractivity contribution in [2.45, 2.75) is 13.3 Å². The average molecular weight is 351 g/mol. The molecule has 1 aliphatic rings. The number of methoxy groups -OCH3 is 1. The Morgan fingerprint density at radius 3 is 2.65 bits per heavy atom. The van der Waals surface area contributed by atoms with Crippen LogP contribution < -0.4 is 4.74 Å². The summed E-state index contributed by atoms with van der Waals surface area (Å²) in [5.74, 6) is 0.0199. The van der Waals surface area contributed by atoms with Crippen LogP contribution in [0.4, 0.5) is 0 Å². The van der Waals surface area contributed by atoms with Crippen LogP contribution in [0.15, 0.2) is 29.2 Å². The topological polar surface area (TPSA) is 55.8 Å². The van der Waals surface area contributed by atoms with E-state index < -0.39 is 5.97 Å². The van der Waals surface area contributed by atoms with E-state index in [-0.39, 0.29) is 12.5 Å². The third-order valence-electron chi connectivity index (χ3n) is 3.04. The fourth-order valence-electron chi connectivity index (χ4n) is 1.88. The Bertz CT molecular complexity index is 640. The number of rotatable bonds is 6. The van der Waals surface area contributed by atoms with Gasteiger partial charge in [-0.1, -0.05) is 43.0 Å². The first-order chi connectivity index (χ1) is 11.0. The minimum Gasteiger partial charge on any atom is -0.497 e. The number of esters is 1. The second-order valence-electron chi connectivity index (χ2n) is 4.76. The molecule has 122 valence electrons. The van der Waals surface area contributed by atoms with Gasteiger partial charge in [0.25, 0.3) is 5.91 Å². The number of hydrogen-bond acceptors (Lipinski definition) is 6. The van der Waals surface area contributed by atoms with Gasteiger partial charge in [0.2, 0.25) is 0 Å². The van der Waals surface area contributed by atoms with E-state index in [9.17, 15) is 9.59 Å². The van der Waals surface area contributed by atoms with Crippen LogP contribution in [0.3, 0.4) is 0 Å². The number of amides is 1. The lowest BCUT2D eigenvalue weighted by Gasteiger charge is -2.13. The highest BCUT2D eigenvalue weighted by Gasteiger charge is 2.33. The number of carbonyl (C=O) groups excluding carboxylic acids is 2. The predicted molar refractivity (Wildman–Crippen MR) is 94.1 cm³/mol. The van der Waals surface area contributed by atoms with E-state index in [2.05, 4.69) is 0 Å². The molecule has 0 aliphatic carbocycles. The molecule has 2 rings (SSSR count). The van der Waals surface area contributed by atoms with Gasteiger partial charge < -0.3 is 9.47 Å². The molecule has 0 N–H and O–H groups in total. The van der Waals surface area contributed by atoms with Crippen molar-refractivity contribution in [3.63, 3.8) is 0 Å². The van der Waals surface area contributed by atoms with Gasteiger partial charge in [0.1, 0.15) is 16.6 Å². The van der Waals surface area contributed by atoms with Gasteiger partial charge in [-0.3, -0.25) is 14.5 Å². The number of nitrogens with zero attached hydrogens (tertiary/aromatic N) is 1. The summed E-state index contributed by atoms with van der Waals surface area (Å²) >= 11 is 6.36. The zero-order chi connectivity index (χ0) is 16.8. The molecule has 0 unspecified atom stereocenters. The predicted octanol–water partition coefficient (Wildman–Crippen LogP) is 2.85. The third-order valence-corrected chi connectivity index (χ3v) is 4.42. The first-order valence-electron chi connectivity index (χ1n) is 7.10. The number of carbonyl (C=O) groups is 2. The van der Waals surface area contributed by atoms with E-state index in [0.29, 0.717) is 15.8 Å². The molecule has 0 radical (unpaired) electrons. The molecular formula is C16H17NO4S2. The Balaban J connectivity index is 2.07. The zero-order valence-corrected chi connectivity index (χ0v) is 14.5. The Morgan fingerprint density at radius 2 is 2.04 bits per heavy atom. The highest BCUT2D eigenvalue weighted by Crippen LogP contribution is 2.32. The summed E-state index contributed by atoms with van der Waals surface area (Å²) in [5.41, 5.74) is 0.861. The molecule has 0 saturated carbocycles. The zero-order valence-electron chi connectivity index (χ0n) is 12.9. The molecule has 0 bridgehead atoms. The van der Waals surface area contributed by atoms with Crippen LogP contribution in [-0.4, -0.2) is 41.4 Å². The number of benzene rings is 1. The number of ether oxygens (including phenoxy) is 2. The van der Waals surface area contributed by atoms with Gasteiger partial charge in [0.15, 0.2) is 0 Å². The van der Waals surface area contributed by atoms with Crippen LogP contribution in [0.2, 0.25) is 0 Å². The van der Waals surface area contributed by atoms with Crippen molar-refractivity contribution in [1.82, 2.24) is 4.90 Å². The lowest BCUT2D eigenvalue weighted by Crippen LogP contribution is -2.34. The number of thioether (sulfide) groups is 1. The molecule has 5 nitrogen and oxygen atoms in total. The summed E-state index contributed by atoms with van der Waals surface area (Å²) < 4.78 is 10.5. The molecule has 1 saturated heterocycles. The van der Waals surface area contributed by atoms with Gasteiger partial charge in [-0.15, -0.1) is 0 Å². The molecule has 1 aromatic rings. The molecule has 23 heavy (non-hydrogen) atoms. The second kappa shape index (κ2) is 8.12. The summed E-state index contributed by atoms with van der Waals surface area (Å²) in [5, 5.41) is 0. The Hall–Kier alpha value is -1.86. The summed E-state index contributed by atoms with van der Waals surface area (Å²) in [6, 6.07) is 7.32. The summed E-state index contributed by atoms with van der Waals surface area (Å²) in [4.78, 5) is 25.8. The molecule has 7 heteroatoms. The number of thiocarbonyl (C=S) groups is 1. The standard InChI is InChI=1S/C16H17NO4S2/c1-3-8-21-14(18)10-17-15(19)13(23-16(17)22)9-11-4-6-12(20-2)7-5-11/h4-7,9H,3,8,10H2,1-2H3/b13-9-. The average Bonchev–Trinajstić information content (AvgIpc) is 2.81. The maximum absolute atomic E-state index is 12.4. The smallest absolute Gasteiger partial charge is 0.326 e. The lowest BCUT2D eigenvalue weighted by molar-refractivity contribution is -0.146. The molecule has 1 amide bonds. The maximum Gasteiger partial charge on any atom is 0.326 e. The van der Waals surface area contributed by atoms with Crippen molar-refractivity contribution in [2.24, 2.45) is 0 Å². The van der Waals surface area contributed by atoms with E-state index in [1.807, 2.05) is 31.2 Å². The third kappa shape index (κ3) is 4.56. The van der Waals surface area contributed by atoms with Crippen LogP contribution in [0, 0.1) is 0 Å². The van der Waals surface area contributed by atoms with Crippen LogP contribution in [0.25, 0.3) is 6.08 Å². The van der Waals surface area contributed by atoms with Crippen LogP contribution in [0.1, 0.15) is 18.9 Å². The van der Waals surface area contributed by atoms with Crippen molar-refractivity contribution in [2.75, 3.05) is 20.3 Å². The molecular weight excluding hydrogens is 334 g/mol. The Labute approximate surface area is 144 Å². The maximum atomic E-state index is 12.4. The van der Waals surface area contributed by atoms with E-state index in [1.165, 1.54) is 16.7 Å². The summed E-state index contributed by atoms with van der Waals surface area (Å²) in [6.07, 6.45) is 2.48. The quantitative estimate of drug-likeness (QED) is 0.446. The van der Waals surface area contributed by atoms with Crippen molar-refractivity contribution in [1.29, 1.82) is 0 Å². The van der Waals surface area contributed by atoms with Gasteiger partial charge >= 0.3 is 5.97 Å². The minimum absolute atomic E-state index is 0.148. The first kappa shape index (κ1) is 17.5. The van der Waals surface area contributed by atoms with Crippen LogP contribution >= 0.6 is 24.0 Å². The Morgan fingerprint density at radius 1 is 1.35 bits per heavy atom. The molecule has 0 atom stereocenters. The van der Waals surface area contributed by atoms with Crippen LogP contribution in [0.5, 0.6) is 5.75 Å². The second-order valence-corrected chi connectivity index (χ2v) is 6.44. The van der Waals surface area contributed by atoms with Crippen molar-refractivity contribution < 1.29 is 19.1 Å². The van der Waals surface area contributed by atoms with Gasteiger partial charge in [-0.2, -0.15) is 0 Å². The van der Waals surface area contributed by atoms with E-state index in [4.69, 9.17) is 21.7 Å². The normalized spacial score (nSPS) is 16.1. The Kier molecular flexibility index (Phi) is 6.18. The van der Waals surface area contributed by atoms with E-state index >= 15 is 0 Å². The van der Waals surface area contributed by atoms with Crippen molar-refractivity contribution in [3.05, 3.63) is 34.7 Å². The summed E-state index contributed by atoms with van der Waals surface area (Å²) in [6.45, 7) is 2.10. The van der Waals surface area contributed by atoms with Crippen LogP contribution in [-0.2, 0) is 14.3 Å². The van der Waals surface area contributed by atoms with E-state index in [0.717, 1.165) is 17.7 Å². The molecule has 1 heterocycles. The minimum atomic E-state index is -0.450. The highest BCUT2D eigenvalue weighted by atomic mass is 32.2. The van der Waals surface area contributed by atoms with E-state index in [1.54, 1.807) is 13.2 Å². The van der Waals surface area contributed by atoms with Crippen molar-refractivity contribution in [3.8, 4) is 5.75 Å². The first-order valence-corrected chi connectivity index (χ1v) is 8.32. The van der Waals surface area contributed by atoms with Gasteiger partial charge in [0, 0.05) is 0 Å². The number of hydrogen-bond donors (Lipinski definition) is 0.